The summed E-state index contributed by atoms with van der Waals surface area (Å²) in [5.41, 5.74) is 4.86. The molecule has 212 valence electrons. The number of carbonyl (C=O) groups is 2. The fraction of sp³-hybridized carbons (Fsp3) is 0.303. The molecule has 0 saturated heterocycles. The van der Waals surface area contributed by atoms with Gasteiger partial charge in [0.25, 0.3) is 5.56 Å². The summed E-state index contributed by atoms with van der Waals surface area (Å²) in [5, 5.41) is 0.966. The zero-order chi connectivity index (χ0) is 29.2. The number of benzene rings is 2. The largest absolute Gasteiger partial charge is 0.457 e. The Kier molecular flexibility index (Phi) is 6.00. The highest BCUT2D eigenvalue weighted by Crippen LogP contribution is 2.47. The predicted octanol–water partition coefficient (Wildman–Crippen LogP) is 5.15. The molecule has 9 heteroatoms. The van der Waals surface area contributed by atoms with Crippen LogP contribution in [0.4, 0.5) is 11.4 Å². The fourth-order valence-corrected chi connectivity index (χ4v) is 6.61. The van der Waals surface area contributed by atoms with E-state index in [0.717, 1.165) is 46.5 Å². The fourth-order valence-electron chi connectivity index (χ4n) is 6.61. The third-order valence-corrected chi connectivity index (χ3v) is 8.56. The van der Waals surface area contributed by atoms with Gasteiger partial charge in [-0.3, -0.25) is 9.59 Å². The van der Waals surface area contributed by atoms with E-state index < -0.39 is 17.5 Å². The summed E-state index contributed by atoms with van der Waals surface area (Å²) in [6, 6.07) is 18.1. The van der Waals surface area contributed by atoms with Crippen molar-refractivity contribution in [2.75, 3.05) is 11.4 Å². The van der Waals surface area contributed by atoms with Crippen molar-refractivity contribution < 1.29 is 19.1 Å². The first kappa shape index (κ1) is 26.1. The molecule has 42 heavy (non-hydrogen) atoms. The summed E-state index contributed by atoms with van der Waals surface area (Å²) < 4.78 is 12.7. The average molecular weight is 563 g/mol. The van der Waals surface area contributed by atoms with Gasteiger partial charge < -0.3 is 18.9 Å². The van der Waals surface area contributed by atoms with Crippen LogP contribution in [0.25, 0.3) is 22.3 Å². The second-order valence-corrected chi connectivity index (χ2v) is 10.9. The summed E-state index contributed by atoms with van der Waals surface area (Å²) >= 11 is 0. The van der Waals surface area contributed by atoms with Crippen molar-refractivity contribution in [3.05, 3.63) is 87.2 Å². The monoisotopic (exact) mass is 562 g/mol. The molecule has 0 fully saturated rings. The van der Waals surface area contributed by atoms with Gasteiger partial charge in [0, 0.05) is 31.0 Å². The molecule has 0 N–H and O–H groups in total. The van der Waals surface area contributed by atoms with Crippen molar-refractivity contribution >= 4 is 40.1 Å². The smallest absolute Gasteiger partial charge is 0.355 e. The lowest BCUT2D eigenvalue weighted by Crippen LogP contribution is -2.47. The van der Waals surface area contributed by atoms with Crippen molar-refractivity contribution in [2.45, 2.75) is 58.8 Å². The maximum Gasteiger partial charge on any atom is 0.355 e. The van der Waals surface area contributed by atoms with E-state index in [1.165, 1.54) is 12.5 Å². The molecule has 5 heterocycles. The third-order valence-electron chi connectivity index (χ3n) is 8.56. The Morgan fingerprint density at radius 2 is 1.88 bits per heavy atom. The van der Waals surface area contributed by atoms with Crippen LogP contribution in [0.1, 0.15) is 55.9 Å². The van der Waals surface area contributed by atoms with Crippen molar-refractivity contribution in [1.82, 2.24) is 9.55 Å². The molecule has 0 spiro atoms. The highest BCUT2D eigenvalue weighted by Gasteiger charge is 2.50. The van der Waals surface area contributed by atoms with E-state index in [9.17, 15) is 14.4 Å². The van der Waals surface area contributed by atoms with E-state index in [4.69, 9.17) is 19.5 Å². The number of fused-ring (bicyclic) bond motifs is 5. The molecule has 1 atom stereocenters. The molecule has 3 aliphatic rings. The highest BCUT2D eigenvalue weighted by atomic mass is 16.6. The van der Waals surface area contributed by atoms with Crippen LogP contribution in [0, 0.1) is 0 Å². The molecule has 0 radical (unpaired) electrons. The maximum atomic E-state index is 14.0. The Morgan fingerprint density at radius 1 is 1.07 bits per heavy atom. The quantitative estimate of drug-likeness (QED) is 0.264. The van der Waals surface area contributed by atoms with E-state index in [-0.39, 0.29) is 18.6 Å². The zero-order valence-corrected chi connectivity index (χ0v) is 23.8. The second kappa shape index (κ2) is 9.65. The lowest BCUT2D eigenvalue weighted by atomic mass is 9.85. The van der Waals surface area contributed by atoms with Crippen molar-refractivity contribution in [1.29, 1.82) is 0 Å². The van der Waals surface area contributed by atoms with E-state index in [1.54, 1.807) is 17.6 Å². The van der Waals surface area contributed by atoms with Gasteiger partial charge in [0.15, 0.2) is 0 Å². The number of esters is 2. The van der Waals surface area contributed by atoms with Gasteiger partial charge in [-0.05, 0) is 36.6 Å². The normalized spacial score (nSPS) is 18.2. The summed E-state index contributed by atoms with van der Waals surface area (Å²) in [7, 11) is 0. The molecule has 2 aromatic heterocycles. The molecule has 9 nitrogen and oxygen atoms in total. The van der Waals surface area contributed by atoms with Gasteiger partial charge in [0.1, 0.15) is 12.4 Å². The van der Waals surface area contributed by atoms with Gasteiger partial charge in [0.05, 0.1) is 45.8 Å². The lowest BCUT2D eigenvalue weighted by Gasteiger charge is -2.35. The van der Waals surface area contributed by atoms with Crippen LogP contribution < -0.4 is 10.5 Å². The maximum absolute atomic E-state index is 14.0. The van der Waals surface area contributed by atoms with Crippen molar-refractivity contribution in [3.63, 3.8) is 0 Å². The Balaban J connectivity index is 1.45. The van der Waals surface area contributed by atoms with Gasteiger partial charge >= 0.3 is 11.9 Å². The number of anilines is 1. The summed E-state index contributed by atoms with van der Waals surface area (Å²) in [6.45, 7) is 5.96. The lowest BCUT2D eigenvalue weighted by molar-refractivity contribution is -0.188. The number of ether oxygens (including phenoxy) is 2. The summed E-state index contributed by atoms with van der Waals surface area (Å²) in [5.74, 6) is -0.331. The zero-order valence-electron chi connectivity index (χ0n) is 23.8. The number of nitrogens with zero attached hydrogens (tertiary/aromatic N) is 4. The van der Waals surface area contributed by atoms with Crippen LogP contribution in [0.2, 0.25) is 0 Å². The van der Waals surface area contributed by atoms with E-state index in [0.29, 0.717) is 35.6 Å². The number of cyclic esters (lactones) is 1. The number of rotatable bonds is 6. The van der Waals surface area contributed by atoms with Crippen LogP contribution in [0.3, 0.4) is 0 Å². The van der Waals surface area contributed by atoms with Crippen LogP contribution >= 0.6 is 0 Å². The first-order valence-electron chi connectivity index (χ1n) is 14.3. The molecule has 3 aliphatic heterocycles. The molecule has 4 aromatic rings. The SMILES string of the molecule is CCC1=Nc2cccc3nc4c(c(c23)N1CCc1ccccc1)Cn1c-4cc2c(c1=O)COC(=O)[C@@]2(CC)OC(C)=O. The molecule has 0 bridgehead atoms. The van der Waals surface area contributed by atoms with Gasteiger partial charge in [-0.1, -0.05) is 50.2 Å². The topological polar surface area (TPSA) is 103 Å². The number of hydrogen-bond acceptors (Lipinski definition) is 8. The van der Waals surface area contributed by atoms with Gasteiger partial charge in [-0.2, -0.15) is 0 Å². The second-order valence-electron chi connectivity index (χ2n) is 10.9. The van der Waals surface area contributed by atoms with Crippen LogP contribution in [-0.4, -0.2) is 33.9 Å². The van der Waals surface area contributed by atoms with E-state index >= 15 is 0 Å². The number of carbonyl (C=O) groups excluding carboxylic acids is 2. The van der Waals surface area contributed by atoms with Gasteiger partial charge in [0.2, 0.25) is 5.60 Å². The Labute approximate surface area is 242 Å². The minimum absolute atomic E-state index is 0.136. The highest BCUT2D eigenvalue weighted by molar-refractivity contribution is 6.16. The minimum atomic E-state index is -1.68. The number of hydrogen-bond donors (Lipinski definition) is 0. The third kappa shape index (κ3) is 3.72. The Bertz CT molecular complexity index is 1890. The average Bonchev–Trinajstić information content (AvgIpc) is 3.37. The summed E-state index contributed by atoms with van der Waals surface area (Å²) in [6.07, 6.45) is 1.70. The van der Waals surface area contributed by atoms with Crippen molar-refractivity contribution in [2.24, 2.45) is 4.99 Å². The van der Waals surface area contributed by atoms with Crippen molar-refractivity contribution in [3.8, 4) is 11.4 Å². The minimum Gasteiger partial charge on any atom is -0.457 e. The van der Waals surface area contributed by atoms with E-state index in [1.807, 2.05) is 36.4 Å². The number of aromatic nitrogens is 2. The van der Waals surface area contributed by atoms with Crippen LogP contribution in [-0.2, 0) is 44.2 Å². The van der Waals surface area contributed by atoms with Crippen LogP contribution in [0.15, 0.2) is 64.4 Å². The van der Waals surface area contributed by atoms with Gasteiger partial charge in [-0.15, -0.1) is 0 Å². The molecule has 0 amide bonds. The predicted molar refractivity (Wildman–Crippen MR) is 159 cm³/mol. The Morgan fingerprint density at radius 3 is 2.62 bits per heavy atom. The standard InChI is InChI=1S/C33H30N4O5/c1-4-27-34-24-12-9-13-25-28(24)30(36(27)15-14-20-10-7-6-8-11-20)21-17-37-26(29(21)35-25)16-23-22(31(37)39)18-41-32(40)33(23,5-2)42-19(3)38/h6-13,16H,4-5,14-15,17-18H2,1-3H3/t33-/m0/s1. The molecular formula is C33H30N4O5. The molecular weight excluding hydrogens is 532 g/mol. The summed E-state index contributed by atoms with van der Waals surface area (Å²) in [4.78, 5) is 51.6. The molecule has 0 saturated carbocycles. The molecule has 0 aliphatic carbocycles. The first-order chi connectivity index (χ1) is 20.4. The van der Waals surface area contributed by atoms with E-state index in [2.05, 4.69) is 24.0 Å². The molecule has 7 rings (SSSR count). The van der Waals surface area contributed by atoms with Gasteiger partial charge in [-0.25, -0.2) is 14.8 Å². The number of pyridine rings is 2. The molecule has 0 unspecified atom stereocenters. The number of aliphatic imine (C=N–C) groups is 1. The molecule has 2 aromatic carbocycles. The number of amidine groups is 1. The van der Waals surface area contributed by atoms with Crippen LogP contribution in [0.5, 0.6) is 0 Å². The Hall–Kier alpha value is -4.79. The first-order valence-corrected chi connectivity index (χ1v) is 14.3.